The molecule has 0 spiro atoms. The highest BCUT2D eigenvalue weighted by molar-refractivity contribution is 7.11. The van der Waals surface area contributed by atoms with Crippen LogP contribution in [0.4, 0.5) is 9.59 Å². The molecule has 0 aliphatic carbocycles. The van der Waals surface area contributed by atoms with E-state index in [1.54, 1.807) is 114 Å². The van der Waals surface area contributed by atoms with Crippen LogP contribution in [0.2, 0.25) is 0 Å². The predicted octanol–water partition coefficient (Wildman–Crippen LogP) is 12.2. The van der Waals surface area contributed by atoms with E-state index in [1.165, 1.54) is 0 Å². The minimum Gasteiger partial charge on any atom is -0.444 e. The molecule has 0 unspecified atom stereocenters. The number of thiophene rings is 6. The van der Waals surface area contributed by atoms with E-state index >= 15 is 0 Å². The van der Waals surface area contributed by atoms with E-state index in [-0.39, 0.29) is 23.0 Å². The molecule has 5 N–H and O–H groups in total. The lowest BCUT2D eigenvalue weighted by Gasteiger charge is -2.28. The molecular weight excluding hydrogens is 1090 g/mol. The van der Waals surface area contributed by atoms with Crippen LogP contribution in [0.3, 0.4) is 0 Å². The van der Waals surface area contributed by atoms with Gasteiger partial charge in [-0.05, 0) is 167 Å². The van der Waals surface area contributed by atoms with Crippen LogP contribution in [0.25, 0.3) is 0 Å². The Balaban J connectivity index is 0.000000283. The van der Waals surface area contributed by atoms with E-state index in [1.807, 2.05) is 110 Å². The molecule has 0 saturated carbocycles. The van der Waals surface area contributed by atoms with E-state index in [9.17, 15) is 28.8 Å². The minimum atomic E-state index is -0.725. The summed E-state index contributed by atoms with van der Waals surface area (Å²) in [4.78, 5) is 84.6. The van der Waals surface area contributed by atoms with Gasteiger partial charge in [0.2, 0.25) is 23.0 Å². The Morgan fingerprint density at radius 1 is 0.520 bits per heavy atom. The van der Waals surface area contributed by atoms with Gasteiger partial charge >= 0.3 is 12.2 Å². The summed E-state index contributed by atoms with van der Waals surface area (Å²) in [5.41, 5.74) is 4.32. The first-order chi connectivity index (χ1) is 35.8. The second kappa shape index (κ2) is 33.3. The van der Waals surface area contributed by atoms with Gasteiger partial charge in [-0.15, -0.1) is 68.0 Å². The number of ether oxygens (including phenoxy) is 2. The Hall–Kier alpha value is -4.93. The number of halogens is 1. The van der Waals surface area contributed by atoms with Crippen molar-refractivity contribution in [3.8, 4) is 0 Å². The van der Waals surface area contributed by atoms with Gasteiger partial charge in [0, 0.05) is 35.8 Å². The first-order valence-corrected chi connectivity index (χ1v) is 30.3. The predicted molar refractivity (Wildman–Crippen MR) is 309 cm³/mol. The Kier molecular flexibility index (Phi) is 27.8. The highest BCUT2D eigenvalue weighted by atomic mass is 35.5. The van der Waals surface area contributed by atoms with Gasteiger partial charge in [0.1, 0.15) is 23.3 Å². The zero-order valence-corrected chi connectivity index (χ0v) is 49.2. The number of nitrogens with one attached hydrogen (secondary N) is 3. The van der Waals surface area contributed by atoms with Crippen molar-refractivity contribution in [3.05, 3.63) is 134 Å². The molecule has 6 rings (SSSR count). The largest absolute Gasteiger partial charge is 0.444 e. The highest BCUT2D eigenvalue weighted by Crippen LogP contribution is 2.22. The number of carbonyl (C=O) groups excluding carboxylic acids is 6. The zero-order chi connectivity index (χ0) is 54.6. The van der Waals surface area contributed by atoms with Crippen molar-refractivity contribution in [2.45, 2.75) is 142 Å². The molecule has 6 aromatic rings. The van der Waals surface area contributed by atoms with Crippen molar-refractivity contribution in [1.82, 2.24) is 25.8 Å². The van der Waals surface area contributed by atoms with Crippen molar-refractivity contribution in [2.75, 3.05) is 13.1 Å². The molecular formula is C54H71ClN6O8S6. The summed E-state index contributed by atoms with van der Waals surface area (Å²) in [6.45, 7) is 13.8. The molecule has 408 valence electrons. The molecule has 6 aromatic heterocycles. The molecule has 14 nitrogen and oxygen atoms in total. The van der Waals surface area contributed by atoms with Crippen molar-refractivity contribution < 1.29 is 38.2 Å². The lowest BCUT2D eigenvalue weighted by atomic mass is 10.1. The molecule has 0 aliphatic heterocycles. The van der Waals surface area contributed by atoms with Gasteiger partial charge in [-0.1, -0.05) is 36.4 Å². The van der Waals surface area contributed by atoms with Crippen LogP contribution in [0, 0.1) is 0 Å². The van der Waals surface area contributed by atoms with Crippen molar-refractivity contribution in [1.29, 1.82) is 0 Å². The van der Waals surface area contributed by atoms with Crippen LogP contribution in [-0.2, 0) is 67.7 Å². The summed E-state index contributed by atoms with van der Waals surface area (Å²) >= 11 is 14.7. The summed E-state index contributed by atoms with van der Waals surface area (Å²) in [6, 6.07) is 22.3. The van der Waals surface area contributed by atoms with Crippen molar-refractivity contribution in [2.24, 2.45) is 5.73 Å². The maximum absolute atomic E-state index is 13.7. The van der Waals surface area contributed by atoms with Gasteiger partial charge in [0.15, 0.2) is 0 Å². The van der Waals surface area contributed by atoms with Crippen LogP contribution < -0.4 is 21.7 Å². The molecule has 0 bridgehead atoms. The van der Waals surface area contributed by atoms with E-state index in [2.05, 4.69) is 16.0 Å². The van der Waals surface area contributed by atoms with E-state index in [4.69, 9.17) is 26.8 Å². The average Bonchev–Trinajstić information content (AvgIpc) is 4.19. The molecule has 21 heteroatoms. The monoisotopic (exact) mass is 1160 g/mol. The number of amides is 5. The maximum atomic E-state index is 13.7. The molecule has 0 fully saturated rings. The van der Waals surface area contributed by atoms with E-state index in [0.717, 1.165) is 42.1 Å². The normalized spacial score (nSPS) is 11.9. The molecule has 0 saturated heterocycles. The Morgan fingerprint density at radius 3 is 1.16 bits per heavy atom. The summed E-state index contributed by atoms with van der Waals surface area (Å²) < 4.78 is 10.8. The summed E-state index contributed by atoms with van der Waals surface area (Å²) in [5.74, 6) is -0.260. The zero-order valence-electron chi connectivity index (χ0n) is 43.5. The van der Waals surface area contributed by atoms with Crippen LogP contribution in [0.5, 0.6) is 0 Å². The maximum Gasteiger partial charge on any atom is 0.408 e. The van der Waals surface area contributed by atoms with Gasteiger partial charge in [-0.3, -0.25) is 19.2 Å². The minimum absolute atomic E-state index is 0.0139. The smallest absolute Gasteiger partial charge is 0.408 e. The van der Waals surface area contributed by atoms with Gasteiger partial charge in [0.05, 0.1) is 39.0 Å². The Labute approximate surface area is 471 Å². The van der Waals surface area contributed by atoms with Crippen molar-refractivity contribution in [3.63, 3.8) is 0 Å². The standard InChI is InChI=1S/C27H35N3O4S3.C21H31N3O3S2.C6H5ClOS/c1-27(2,3)34-26(33)29-23(12-4-5-13-28-24(31)17-20-9-6-14-35-20)25(32)30(18-21-10-7-15-36-21)19-22-11-8-16-37-22;1-21(2,3)27-20(26)23-18(10-4-5-11-22)19(25)24(14-16-8-6-12-28-16)15-17-9-7-13-29-17;7-6(8)4-5-2-1-3-9-5/h6-11,14-16,23H,4-5,12-13,17-19H2,1-3H3,(H,28,31)(H,29,33);6-9,12-13,18H,4-5,10-11,14-15,22H2,1-3H3,(H,23,26);1-3H,4H2/t23-;18-;/m00./s1. The molecule has 75 heavy (non-hydrogen) atoms. The topological polar surface area (TPSA) is 189 Å². The number of nitrogens with two attached hydrogens (primary N) is 1. The molecule has 0 aliphatic rings. The third kappa shape index (κ3) is 26.6. The van der Waals surface area contributed by atoms with E-state index in [0.29, 0.717) is 77.8 Å². The lowest BCUT2D eigenvalue weighted by Crippen LogP contribution is -2.49. The van der Waals surface area contributed by atoms with Crippen molar-refractivity contribution >= 4 is 115 Å². The van der Waals surface area contributed by atoms with Gasteiger partial charge in [-0.2, -0.15) is 0 Å². The van der Waals surface area contributed by atoms with Gasteiger partial charge in [0.25, 0.3) is 0 Å². The van der Waals surface area contributed by atoms with Gasteiger partial charge < -0.3 is 41.0 Å². The number of nitrogens with zero attached hydrogens (tertiary/aromatic N) is 2. The highest BCUT2D eigenvalue weighted by Gasteiger charge is 2.30. The van der Waals surface area contributed by atoms with Crippen LogP contribution in [0.1, 0.15) is 109 Å². The molecule has 2 atom stereocenters. The first-order valence-electron chi connectivity index (χ1n) is 24.6. The average molecular weight is 1160 g/mol. The van der Waals surface area contributed by atoms with Crippen LogP contribution >= 0.6 is 79.6 Å². The van der Waals surface area contributed by atoms with Gasteiger partial charge in [-0.25, -0.2) is 9.59 Å². The third-order valence-corrected chi connectivity index (χ3v) is 15.6. The SMILES string of the molecule is CC(C)(C)OC(=O)N[C@@H](CCCCN)C(=O)N(Cc1cccs1)Cc1cccs1.CC(C)(C)OC(=O)N[C@@H](CCCCNC(=O)Cc1cccs1)C(=O)N(Cc1cccs1)Cc1cccs1.O=C(Cl)Cc1cccs1. The van der Waals surface area contributed by atoms with Crippen LogP contribution in [-0.4, -0.2) is 81.3 Å². The molecule has 0 radical (unpaired) electrons. The number of unbranched alkanes of at least 4 members (excludes halogenated alkanes) is 2. The second-order valence-corrected chi connectivity index (χ2v) is 25.7. The molecule has 5 amide bonds. The number of carbonyl (C=O) groups is 6. The van der Waals surface area contributed by atoms with Crippen LogP contribution in [0.15, 0.2) is 105 Å². The number of hydrogen-bond donors (Lipinski definition) is 4. The fourth-order valence-electron chi connectivity index (χ4n) is 7.02. The Bertz CT molecular complexity index is 2450. The lowest BCUT2D eigenvalue weighted by molar-refractivity contribution is -0.135. The molecule has 0 aromatic carbocycles. The van der Waals surface area contributed by atoms with E-state index < -0.39 is 35.5 Å². The second-order valence-electron chi connectivity index (χ2n) is 19.1. The third-order valence-electron chi connectivity index (χ3n) is 10.3. The summed E-state index contributed by atoms with van der Waals surface area (Å²) in [5, 5.41) is 20.1. The number of rotatable bonds is 25. The number of alkyl carbamates (subject to hydrolysis) is 2. The Morgan fingerprint density at radius 2 is 0.853 bits per heavy atom. The summed E-state index contributed by atoms with van der Waals surface area (Å²) in [6.07, 6.45) is 3.45. The molecule has 6 heterocycles. The fourth-order valence-corrected chi connectivity index (χ4v) is 11.5. The first kappa shape index (κ1) is 62.6. The quantitative estimate of drug-likeness (QED) is 0.0319. The fraction of sp³-hybridized carbons (Fsp3) is 0.444. The summed E-state index contributed by atoms with van der Waals surface area (Å²) in [7, 11) is 0. The number of hydrogen-bond acceptors (Lipinski definition) is 15.